The van der Waals surface area contributed by atoms with Crippen molar-refractivity contribution in [3.8, 4) is 0 Å². The number of hydrogen-bond donors (Lipinski definition) is 2. The summed E-state index contributed by atoms with van der Waals surface area (Å²) in [4.78, 5) is 51.8. The summed E-state index contributed by atoms with van der Waals surface area (Å²) in [7, 11) is 0. The van der Waals surface area contributed by atoms with Crippen LogP contribution in [0.1, 0.15) is 75.3 Å². The number of carbonyl (C=O) groups is 4. The predicted molar refractivity (Wildman–Crippen MR) is 131 cm³/mol. The zero-order chi connectivity index (χ0) is 24.7. The Labute approximate surface area is 202 Å². The first-order valence-electron chi connectivity index (χ1n) is 11.0. The summed E-state index contributed by atoms with van der Waals surface area (Å²) in [5.41, 5.74) is 3.14. The lowest BCUT2D eigenvalue weighted by Crippen LogP contribution is -2.35. The van der Waals surface area contributed by atoms with E-state index in [4.69, 9.17) is 17.0 Å². The number of nitrogens with zero attached hydrogens (tertiary/aromatic N) is 1. The van der Waals surface area contributed by atoms with Gasteiger partial charge in [0.05, 0.1) is 13.0 Å². The smallest absolute Gasteiger partial charge is 0.354 e. The van der Waals surface area contributed by atoms with Gasteiger partial charge in [0.2, 0.25) is 0 Å². The van der Waals surface area contributed by atoms with E-state index < -0.39 is 24.0 Å². The number of thiocarbonyl (C=S) groups is 1. The van der Waals surface area contributed by atoms with Crippen molar-refractivity contribution in [2.24, 2.45) is 5.10 Å². The molecule has 0 fully saturated rings. The molecule has 34 heavy (non-hydrogen) atoms. The molecule has 2 aromatic rings. The molecule has 8 nitrogen and oxygen atoms in total. The van der Waals surface area contributed by atoms with Crippen LogP contribution in [0.3, 0.4) is 0 Å². The van der Waals surface area contributed by atoms with E-state index in [0.29, 0.717) is 12.1 Å². The van der Waals surface area contributed by atoms with Crippen LogP contribution < -0.4 is 10.7 Å². The Morgan fingerprint density at radius 2 is 1.65 bits per heavy atom. The van der Waals surface area contributed by atoms with Crippen molar-refractivity contribution in [3.63, 3.8) is 0 Å². The summed E-state index contributed by atoms with van der Waals surface area (Å²) >= 11 is 5.14. The van der Waals surface area contributed by atoms with Crippen LogP contribution in [0.5, 0.6) is 0 Å². The monoisotopic (exact) mass is 479 g/mol. The molecule has 0 spiro atoms. The normalized spacial score (nSPS) is 12.5. The molecule has 0 heterocycles. The molecular weight excluding hydrogens is 454 g/mol. The minimum atomic E-state index is -0.780. The van der Waals surface area contributed by atoms with Crippen molar-refractivity contribution < 1.29 is 23.9 Å². The van der Waals surface area contributed by atoms with Crippen molar-refractivity contribution >= 4 is 46.4 Å². The van der Waals surface area contributed by atoms with Gasteiger partial charge in [0.1, 0.15) is 0 Å². The Kier molecular flexibility index (Phi) is 8.37. The Balaban J connectivity index is 1.89. The van der Waals surface area contributed by atoms with Crippen LogP contribution in [0.15, 0.2) is 47.6 Å². The van der Waals surface area contributed by atoms with E-state index in [9.17, 15) is 19.2 Å². The van der Waals surface area contributed by atoms with Crippen LogP contribution in [0.4, 0.5) is 0 Å². The second-order valence-electron chi connectivity index (χ2n) is 7.53. The maximum absolute atomic E-state index is 13.2. The molecule has 0 aliphatic heterocycles. The van der Waals surface area contributed by atoms with Crippen LogP contribution in [-0.4, -0.2) is 47.3 Å². The molecule has 9 heteroatoms. The van der Waals surface area contributed by atoms with Crippen molar-refractivity contribution in [2.75, 3.05) is 13.2 Å². The zero-order valence-corrected chi connectivity index (χ0v) is 19.8. The van der Waals surface area contributed by atoms with Gasteiger partial charge in [-0.1, -0.05) is 55.8 Å². The number of hydrazone groups is 1. The quantitative estimate of drug-likeness (QED) is 0.120. The van der Waals surface area contributed by atoms with Gasteiger partial charge in [-0.05, 0) is 25.6 Å². The van der Waals surface area contributed by atoms with E-state index in [0.717, 1.165) is 12.8 Å². The lowest BCUT2D eigenvalue weighted by Gasteiger charge is -2.19. The minimum Gasteiger partial charge on any atom is -0.461 e. The first-order chi connectivity index (χ1) is 16.4. The number of fused-ring (bicyclic) bond motifs is 2. The fourth-order valence-corrected chi connectivity index (χ4v) is 3.68. The lowest BCUT2D eigenvalue weighted by atomic mass is 9.80. The molecule has 1 aliphatic carbocycles. The minimum absolute atomic E-state index is 0.0316. The molecule has 0 aromatic heterocycles. The third kappa shape index (κ3) is 5.43. The highest BCUT2D eigenvalue weighted by atomic mass is 32.1. The summed E-state index contributed by atoms with van der Waals surface area (Å²) in [5.74, 6) is -2.07. The zero-order valence-electron chi connectivity index (χ0n) is 19.0. The number of nitrogens with one attached hydrogen (secondary N) is 2. The van der Waals surface area contributed by atoms with Gasteiger partial charge < -0.3 is 10.1 Å². The van der Waals surface area contributed by atoms with Crippen LogP contribution in [-0.2, 0) is 9.53 Å². The topological polar surface area (TPSA) is 114 Å². The Bertz CT molecular complexity index is 1190. The van der Waals surface area contributed by atoms with Gasteiger partial charge in [-0.3, -0.25) is 19.8 Å². The van der Waals surface area contributed by atoms with Crippen LogP contribution in [0.25, 0.3) is 0 Å². The van der Waals surface area contributed by atoms with E-state index in [1.807, 2.05) is 6.92 Å². The molecule has 0 amide bonds. The number of ether oxygens (including phenoxy) is 1. The van der Waals surface area contributed by atoms with Crippen molar-refractivity contribution in [1.29, 1.82) is 0 Å². The number of rotatable bonds is 9. The number of esters is 1. The van der Waals surface area contributed by atoms with Gasteiger partial charge in [0.25, 0.3) is 0 Å². The molecule has 0 saturated carbocycles. The Morgan fingerprint density at radius 3 is 2.32 bits per heavy atom. The Hall–Kier alpha value is -3.72. The summed E-state index contributed by atoms with van der Waals surface area (Å²) in [6.45, 7) is 4.41. The van der Waals surface area contributed by atoms with Crippen molar-refractivity contribution in [1.82, 2.24) is 10.7 Å². The molecule has 0 atom stereocenters. The van der Waals surface area contributed by atoms with Gasteiger partial charge in [-0.25, -0.2) is 4.79 Å². The molecule has 2 N–H and O–H groups in total. The SMILES string of the molecule is CCCCNC(=S)N/N=C(/CC(=O)c1cccc2c1C(=O)c1ccccc1C2=O)C(=O)OCC. The van der Waals surface area contributed by atoms with Gasteiger partial charge in [-0.2, -0.15) is 5.10 Å². The fourth-order valence-electron chi connectivity index (χ4n) is 3.53. The predicted octanol–water partition coefficient (Wildman–Crippen LogP) is 3.22. The van der Waals surface area contributed by atoms with Crippen LogP contribution in [0.2, 0.25) is 0 Å². The number of hydrogen-bond acceptors (Lipinski definition) is 7. The average molecular weight is 480 g/mol. The molecule has 2 aromatic carbocycles. The van der Waals surface area contributed by atoms with E-state index >= 15 is 0 Å². The van der Waals surface area contributed by atoms with Gasteiger partial charge in [-0.15, -0.1) is 0 Å². The molecule has 3 rings (SSSR count). The fraction of sp³-hybridized carbons (Fsp3) is 0.280. The summed E-state index contributed by atoms with van der Waals surface area (Å²) in [6.07, 6.45) is 1.45. The highest BCUT2D eigenvalue weighted by Crippen LogP contribution is 2.30. The molecular formula is C25H25N3O5S. The number of unbranched alkanes of at least 4 members (excludes halogenated alkanes) is 1. The number of carbonyl (C=O) groups excluding carboxylic acids is 4. The van der Waals surface area contributed by atoms with Crippen molar-refractivity contribution in [2.45, 2.75) is 33.1 Å². The van der Waals surface area contributed by atoms with Crippen molar-refractivity contribution in [3.05, 3.63) is 70.3 Å². The number of Topliss-reactive ketones (excluding diaryl/α,β-unsaturated/α-hetero) is 1. The first-order valence-corrected chi connectivity index (χ1v) is 11.4. The summed E-state index contributed by atoms with van der Waals surface area (Å²) < 4.78 is 5.02. The second kappa shape index (κ2) is 11.4. The third-order valence-electron chi connectivity index (χ3n) is 5.20. The van der Waals surface area contributed by atoms with Gasteiger partial charge >= 0.3 is 5.97 Å². The van der Waals surface area contributed by atoms with Gasteiger partial charge in [0, 0.05) is 34.4 Å². The maximum Gasteiger partial charge on any atom is 0.354 e. The first kappa shape index (κ1) is 24.9. The van der Waals surface area contributed by atoms with E-state index in [-0.39, 0.29) is 45.5 Å². The average Bonchev–Trinajstić information content (AvgIpc) is 2.84. The number of benzene rings is 2. The van der Waals surface area contributed by atoms with Crippen LogP contribution >= 0.6 is 12.2 Å². The van der Waals surface area contributed by atoms with E-state index in [1.165, 1.54) is 18.2 Å². The summed E-state index contributed by atoms with van der Waals surface area (Å²) in [6, 6.07) is 11.0. The van der Waals surface area contributed by atoms with E-state index in [2.05, 4.69) is 15.8 Å². The largest absolute Gasteiger partial charge is 0.461 e. The Morgan fingerprint density at radius 1 is 0.971 bits per heavy atom. The standard InChI is InChI=1S/C25H25N3O5S/c1-3-5-13-26-25(34)28-27-19(24(32)33-4-2)14-20(29)17-11-8-12-18-21(17)23(31)16-10-7-6-9-15(16)22(18)30/h6-12H,3-5,13-14H2,1-2H3,(H2,26,28,34)/b27-19-. The molecule has 1 aliphatic rings. The molecule has 0 unspecified atom stereocenters. The second-order valence-corrected chi connectivity index (χ2v) is 7.94. The lowest BCUT2D eigenvalue weighted by molar-refractivity contribution is -0.135. The molecule has 0 saturated heterocycles. The number of ketones is 3. The highest BCUT2D eigenvalue weighted by molar-refractivity contribution is 7.80. The van der Waals surface area contributed by atoms with E-state index in [1.54, 1.807) is 31.2 Å². The summed E-state index contributed by atoms with van der Waals surface area (Å²) in [5, 5.41) is 7.14. The molecule has 0 bridgehead atoms. The maximum atomic E-state index is 13.2. The molecule has 176 valence electrons. The van der Waals surface area contributed by atoms with Gasteiger partial charge in [0.15, 0.2) is 28.2 Å². The van der Waals surface area contributed by atoms with Crippen LogP contribution in [0, 0.1) is 0 Å². The third-order valence-corrected chi connectivity index (χ3v) is 5.44. The molecule has 0 radical (unpaired) electrons. The highest BCUT2D eigenvalue weighted by Gasteiger charge is 2.33.